The minimum Gasteiger partial charge on any atom is -0.356 e. The fraction of sp³-hybridized carbons (Fsp3) is 0.462. The van der Waals surface area contributed by atoms with Crippen LogP contribution in [0.1, 0.15) is 35.7 Å². The number of nitriles is 1. The highest BCUT2D eigenvalue weighted by Gasteiger charge is 2.82. The smallest absolute Gasteiger partial charge is 0.356 e. The molecule has 280 valence electrons. The molecular formula is C26H21ClF10N6O7S. The van der Waals surface area contributed by atoms with E-state index < -0.39 is 75.6 Å². The van der Waals surface area contributed by atoms with Gasteiger partial charge in [-0.1, -0.05) is 17.7 Å². The summed E-state index contributed by atoms with van der Waals surface area (Å²) in [6.45, 7) is -0.823. The highest BCUT2D eigenvalue weighted by Crippen LogP contribution is 2.51. The first-order valence-electron chi connectivity index (χ1n) is 13.7. The molecule has 1 N–H and O–H groups in total. The van der Waals surface area contributed by atoms with E-state index >= 15 is 0 Å². The van der Waals surface area contributed by atoms with Crippen molar-refractivity contribution in [2.75, 3.05) is 13.3 Å². The molecule has 25 heteroatoms. The van der Waals surface area contributed by atoms with Crippen LogP contribution in [-0.2, 0) is 32.8 Å². The van der Waals surface area contributed by atoms with E-state index in [9.17, 15) is 67.5 Å². The average Bonchev–Trinajstić information content (AvgIpc) is 3.50. The van der Waals surface area contributed by atoms with Crippen molar-refractivity contribution >= 4 is 27.6 Å². The molecule has 1 fully saturated rings. The fourth-order valence-electron chi connectivity index (χ4n) is 4.53. The zero-order valence-electron chi connectivity index (χ0n) is 25.4. The summed E-state index contributed by atoms with van der Waals surface area (Å²) >= 11 is 6.25. The van der Waals surface area contributed by atoms with Crippen LogP contribution in [0, 0.1) is 11.3 Å². The van der Waals surface area contributed by atoms with Crippen LogP contribution in [0.25, 0.3) is 16.9 Å². The number of hydrogen-bond donors (Lipinski definition) is 1. The molecule has 0 radical (unpaired) electrons. The third kappa shape index (κ3) is 7.30. The highest BCUT2D eigenvalue weighted by molar-refractivity contribution is 7.88. The second-order valence-electron chi connectivity index (χ2n) is 10.6. The van der Waals surface area contributed by atoms with E-state index in [-0.39, 0.29) is 45.8 Å². The Kier molecular flexibility index (Phi) is 10.4. The van der Waals surface area contributed by atoms with Crippen LogP contribution in [0.2, 0.25) is 5.02 Å². The summed E-state index contributed by atoms with van der Waals surface area (Å²) in [6, 6.07) is 5.56. The maximum absolute atomic E-state index is 14.3. The lowest BCUT2D eigenvalue weighted by molar-refractivity contribution is -0.307. The predicted octanol–water partition coefficient (Wildman–Crippen LogP) is 5.23. The molecule has 4 rings (SSSR count). The molecule has 0 spiro atoms. The topological polar surface area (TPSA) is 162 Å². The van der Waals surface area contributed by atoms with Gasteiger partial charge in [-0.25, -0.2) is 13.8 Å². The number of amides is 1. The minimum absolute atomic E-state index is 0.0263. The van der Waals surface area contributed by atoms with Gasteiger partial charge in [0.1, 0.15) is 12.3 Å². The monoisotopic (exact) mass is 786 g/mol. The fourth-order valence-corrected chi connectivity index (χ4v) is 5.74. The Morgan fingerprint density at radius 1 is 1.10 bits per heavy atom. The quantitative estimate of drug-likeness (QED) is 0.146. The van der Waals surface area contributed by atoms with Crippen LogP contribution < -0.4 is 4.18 Å². The normalized spacial score (nSPS) is 15.7. The number of carbonyl (C=O) groups is 1. The number of carbonyl (C=O) groups excluding carboxylic acids is 1. The van der Waals surface area contributed by atoms with Gasteiger partial charge in [0.15, 0.2) is 11.4 Å². The van der Waals surface area contributed by atoms with Gasteiger partial charge in [-0.05, 0) is 37.5 Å². The summed E-state index contributed by atoms with van der Waals surface area (Å²) in [5.74, 6) is -4.59. The van der Waals surface area contributed by atoms with E-state index in [4.69, 9.17) is 21.1 Å². The number of alkyl halides is 10. The summed E-state index contributed by atoms with van der Waals surface area (Å²) in [6.07, 6.45) is -18.2. The number of nitrogens with zero attached hydrogens (tertiary/aromatic N) is 6. The summed E-state index contributed by atoms with van der Waals surface area (Å²) < 4.78 is 173. The molecule has 2 heterocycles. The Labute approximate surface area is 284 Å². The van der Waals surface area contributed by atoms with Gasteiger partial charge in [-0.3, -0.25) is 9.69 Å². The largest absolute Gasteiger partial charge is 0.450 e. The van der Waals surface area contributed by atoms with Gasteiger partial charge in [-0.15, -0.1) is 5.10 Å². The van der Waals surface area contributed by atoms with Gasteiger partial charge in [0.05, 0.1) is 22.9 Å². The van der Waals surface area contributed by atoms with Gasteiger partial charge in [0.25, 0.3) is 18.3 Å². The van der Waals surface area contributed by atoms with Crippen LogP contribution in [0.3, 0.4) is 0 Å². The second-order valence-corrected chi connectivity index (χ2v) is 12.6. The van der Waals surface area contributed by atoms with E-state index in [1.807, 2.05) is 6.07 Å². The van der Waals surface area contributed by atoms with E-state index in [2.05, 4.69) is 14.4 Å². The van der Waals surface area contributed by atoms with Crippen molar-refractivity contribution in [2.45, 2.75) is 55.3 Å². The average molecular weight is 787 g/mol. The molecule has 1 unspecified atom stereocenters. The van der Waals surface area contributed by atoms with Crippen LogP contribution >= 0.6 is 11.6 Å². The first kappa shape index (κ1) is 39.6. The maximum Gasteiger partial charge on any atom is 0.450 e. The summed E-state index contributed by atoms with van der Waals surface area (Å²) in [4.78, 5) is 14.6. The Morgan fingerprint density at radius 2 is 1.71 bits per heavy atom. The molecule has 3 aromatic rings. The number of aliphatic hydroxyl groups excluding tert-OH is 1. The Bertz CT molecular complexity index is 1940. The number of rotatable bonds is 12. The van der Waals surface area contributed by atoms with Gasteiger partial charge in [0, 0.05) is 25.4 Å². The molecule has 51 heavy (non-hydrogen) atoms. The molecule has 1 aliphatic carbocycles. The standard InChI is InChI=1S/C26H21ClF10N6O7S/c1-3-48-21(45)49-12-42(22(11-38)6-7-22)20(44)15-8-13(4-5-16(15)27)14-9-39-43(10-14)19-17(23(28,29)30)18(40-41(19)2)50-51(46,47)24(31,25(32,33)34)26(35,36)37/h4-5,8-10,21,45H,3,6-7,12H2,1-2H3. The number of aliphatic hydroxyl groups is 1. The lowest BCUT2D eigenvalue weighted by atomic mass is 10.0. The van der Waals surface area contributed by atoms with Crippen LogP contribution in [0.5, 0.6) is 5.88 Å². The predicted molar refractivity (Wildman–Crippen MR) is 149 cm³/mol. The van der Waals surface area contributed by atoms with Crippen molar-refractivity contribution in [3.63, 3.8) is 0 Å². The van der Waals surface area contributed by atoms with E-state index in [1.165, 1.54) is 12.1 Å². The molecule has 1 amide bonds. The van der Waals surface area contributed by atoms with E-state index in [1.54, 1.807) is 6.92 Å². The molecule has 1 saturated carbocycles. The first-order valence-corrected chi connectivity index (χ1v) is 15.5. The molecule has 1 aromatic carbocycles. The third-order valence-corrected chi connectivity index (χ3v) is 9.07. The van der Waals surface area contributed by atoms with Crippen molar-refractivity contribution in [2.24, 2.45) is 7.05 Å². The summed E-state index contributed by atoms with van der Waals surface area (Å²) in [7, 11) is -7.01. The second kappa shape index (κ2) is 13.4. The molecule has 0 saturated heterocycles. The van der Waals surface area contributed by atoms with Crippen molar-refractivity contribution in [1.82, 2.24) is 24.5 Å². The van der Waals surface area contributed by atoms with Crippen LogP contribution in [0.15, 0.2) is 30.6 Å². The molecule has 0 aliphatic heterocycles. The van der Waals surface area contributed by atoms with E-state index in [0.717, 1.165) is 23.4 Å². The number of aromatic nitrogens is 4. The highest BCUT2D eigenvalue weighted by atomic mass is 35.5. The first-order chi connectivity index (χ1) is 23.3. The zero-order chi connectivity index (χ0) is 38.5. The summed E-state index contributed by atoms with van der Waals surface area (Å²) in [5.41, 5.74) is -4.04. The third-order valence-electron chi connectivity index (χ3n) is 7.21. The summed E-state index contributed by atoms with van der Waals surface area (Å²) in [5, 5.41) is 18.8. The van der Waals surface area contributed by atoms with Crippen molar-refractivity contribution in [1.29, 1.82) is 5.26 Å². The molecule has 1 aliphatic rings. The van der Waals surface area contributed by atoms with Crippen LogP contribution in [-0.4, -0.2) is 86.6 Å². The number of ether oxygens (including phenoxy) is 2. The Morgan fingerprint density at radius 3 is 2.22 bits per heavy atom. The Hall–Kier alpha value is -4.18. The van der Waals surface area contributed by atoms with E-state index in [0.29, 0.717) is 11.7 Å². The molecule has 0 bridgehead atoms. The van der Waals surface area contributed by atoms with Crippen molar-refractivity contribution in [3.05, 3.63) is 46.7 Å². The molecular weight excluding hydrogens is 766 g/mol. The van der Waals surface area contributed by atoms with Gasteiger partial charge >= 0.3 is 33.6 Å². The van der Waals surface area contributed by atoms with Gasteiger partial charge in [-0.2, -0.15) is 58.3 Å². The minimum atomic E-state index is -7.66. The lowest BCUT2D eigenvalue weighted by Gasteiger charge is -2.28. The Balaban J connectivity index is 1.75. The zero-order valence-corrected chi connectivity index (χ0v) is 27.0. The maximum atomic E-state index is 14.3. The molecule has 13 nitrogen and oxygen atoms in total. The van der Waals surface area contributed by atoms with Crippen molar-refractivity contribution < 1.29 is 75.9 Å². The number of aryl methyl sites for hydroxylation is 1. The van der Waals surface area contributed by atoms with Gasteiger partial charge < -0.3 is 18.8 Å². The number of benzene rings is 1. The van der Waals surface area contributed by atoms with Gasteiger partial charge in [0.2, 0.25) is 0 Å². The van der Waals surface area contributed by atoms with Crippen molar-refractivity contribution in [3.8, 4) is 28.9 Å². The molecule has 2 aromatic heterocycles. The lowest BCUT2D eigenvalue weighted by Crippen LogP contribution is -2.60. The van der Waals surface area contributed by atoms with Crippen LogP contribution in [0.4, 0.5) is 43.9 Å². The SMILES string of the molecule is CCOC(O)OCN(C(=O)c1cc(-c2cnn(-c3c(C(F)(F)F)c(OS(=O)(=O)C(F)(C(F)(F)F)C(F)(F)F)nn3C)c2)ccc1Cl)C1(C#N)CC1. The number of halogens is 11. The molecule has 1 atom stereocenters. The number of hydrogen-bond acceptors (Lipinski definition) is 10.